The van der Waals surface area contributed by atoms with Crippen molar-refractivity contribution in [2.75, 3.05) is 0 Å². The molecule has 7 heavy (non-hydrogen) atoms. The largest absolute Gasteiger partial charge is 0.0879 e. The fourth-order valence-electron chi connectivity index (χ4n) is 0.282. The Kier molecular flexibility index (Phi) is 5.07. The normalized spacial score (nSPS) is 11.7. The van der Waals surface area contributed by atoms with Gasteiger partial charge in [0.1, 0.15) is 0 Å². The van der Waals surface area contributed by atoms with E-state index >= 15 is 0 Å². The van der Waals surface area contributed by atoms with Crippen molar-refractivity contribution in [3.63, 3.8) is 0 Å². The Bertz CT molecular complexity index is 58.1. The maximum Gasteiger partial charge on any atom is -0.0163 e. The van der Waals surface area contributed by atoms with Gasteiger partial charge in [-0.2, -0.15) is 0 Å². The third-order valence-electron chi connectivity index (χ3n) is 0.625. The topological polar surface area (TPSA) is 0 Å². The van der Waals surface area contributed by atoms with Gasteiger partial charge in [-0.25, -0.2) is 0 Å². The van der Waals surface area contributed by atoms with E-state index in [1.165, 1.54) is 0 Å². The molecule has 0 amide bonds. The van der Waals surface area contributed by atoms with Crippen LogP contribution >= 0.6 is 0 Å². The van der Waals surface area contributed by atoms with Crippen LogP contribution in [0.2, 0.25) is 0 Å². The van der Waals surface area contributed by atoms with Crippen molar-refractivity contribution in [2.24, 2.45) is 0 Å². The minimum atomic E-state index is 0.958. The molecule has 0 saturated heterocycles. The number of rotatable bonds is 2. The maximum absolute atomic E-state index is 3.53. The minimum absolute atomic E-state index is 0.958. The van der Waals surface area contributed by atoms with Crippen molar-refractivity contribution in [1.29, 1.82) is 0 Å². The van der Waals surface area contributed by atoms with Gasteiger partial charge in [0.2, 0.25) is 0 Å². The van der Waals surface area contributed by atoms with Crippen molar-refractivity contribution >= 4 is 0 Å². The Hall–Kier alpha value is -0.520. The van der Waals surface area contributed by atoms with E-state index in [1.807, 2.05) is 19.1 Å². The Labute approximate surface area is 45.5 Å². The first-order valence-corrected chi connectivity index (χ1v) is 2.35. The van der Waals surface area contributed by atoms with Crippen LogP contribution in [0.1, 0.15) is 13.3 Å². The van der Waals surface area contributed by atoms with Gasteiger partial charge in [-0.3, -0.25) is 0 Å². The number of hydrogen-bond acceptors (Lipinski definition) is 0. The second-order valence-electron chi connectivity index (χ2n) is 1.20. The lowest BCUT2D eigenvalue weighted by Crippen LogP contribution is -1.53. The zero-order valence-corrected chi connectivity index (χ0v) is 4.65. The molecule has 0 aliphatic rings. The van der Waals surface area contributed by atoms with Gasteiger partial charge in [-0.1, -0.05) is 24.3 Å². The first-order chi connectivity index (χ1) is 3.41. The molecule has 0 heteroatoms. The molecular weight excluding hydrogens is 84.1 g/mol. The summed E-state index contributed by atoms with van der Waals surface area (Å²) in [5.41, 5.74) is 0. The SMILES string of the molecule is [CH2]C=CC/C=[C]/C. The van der Waals surface area contributed by atoms with Crippen molar-refractivity contribution in [1.82, 2.24) is 0 Å². The fourth-order valence-corrected chi connectivity index (χ4v) is 0.282. The molecule has 0 fully saturated rings. The standard InChI is InChI=1S/C7H10/c1-3-5-7-6-4-2/h3,5-6H,1,7H2,2H3. The average molecular weight is 94.2 g/mol. The van der Waals surface area contributed by atoms with Crippen LogP contribution in [0.4, 0.5) is 0 Å². The van der Waals surface area contributed by atoms with Crippen molar-refractivity contribution in [3.8, 4) is 0 Å². The molecule has 0 aliphatic carbocycles. The zero-order valence-electron chi connectivity index (χ0n) is 4.65. The number of allylic oxidation sites excluding steroid dienone is 4. The van der Waals surface area contributed by atoms with Crippen LogP contribution < -0.4 is 0 Å². The van der Waals surface area contributed by atoms with Gasteiger partial charge in [-0.15, -0.1) is 0 Å². The summed E-state index contributed by atoms with van der Waals surface area (Å²) >= 11 is 0. The molecule has 0 rings (SSSR count). The van der Waals surface area contributed by atoms with Gasteiger partial charge in [-0.05, 0) is 20.3 Å². The summed E-state index contributed by atoms with van der Waals surface area (Å²) < 4.78 is 0. The lowest BCUT2D eigenvalue weighted by molar-refractivity contribution is 1.36. The summed E-state index contributed by atoms with van der Waals surface area (Å²) in [6.07, 6.45) is 9.58. The van der Waals surface area contributed by atoms with E-state index in [0.29, 0.717) is 0 Å². The lowest BCUT2D eigenvalue weighted by Gasteiger charge is -1.72. The van der Waals surface area contributed by atoms with E-state index in [-0.39, 0.29) is 0 Å². The predicted octanol–water partition coefficient (Wildman–Crippen LogP) is 2.15. The van der Waals surface area contributed by atoms with Crippen LogP contribution in [0.25, 0.3) is 0 Å². The van der Waals surface area contributed by atoms with E-state index in [4.69, 9.17) is 0 Å². The van der Waals surface area contributed by atoms with Gasteiger partial charge in [0.15, 0.2) is 0 Å². The molecule has 0 unspecified atom stereocenters. The second-order valence-corrected chi connectivity index (χ2v) is 1.20. The first kappa shape index (κ1) is 6.48. The molecule has 0 spiro atoms. The van der Waals surface area contributed by atoms with E-state index in [1.54, 1.807) is 6.08 Å². The Morgan fingerprint density at radius 2 is 2.43 bits per heavy atom. The molecule has 0 aliphatic heterocycles. The number of hydrogen-bond donors (Lipinski definition) is 0. The summed E-state index contributed by atoms with van der Waals surface area (Å²) in [4.78, 5) is 0. The lowest BCUT2D eigenvalue weighted by atomic mass is 10.3. The second kappa shape index (κ2) is 5.48. The van der Waals surface area contributed by atoms with Gasteiger partial charge in [0.25, 0.3) is 0 Å². The first-order valence-electron chi connectivity index (χ1n) is 2.35. The molecule has 0 heterocycles. The van der Waals surface area contributed by atoms with E-state index in [9.17, 15) is 0 Å². The molecule has 0 N–H and O–H groups in total. The van der Waals surface area contributed by atoms with Crippen molar-refractivity contribution in [2.45, 2.75) is 13.3 Å². The molecule has 0 nitrogen and oxygen atoms in total. The molecular formula is C7H10. The smallest absolute Gasteiger partial charge is 0.0163 e. The van der Waals surface area contributed by atoms with Crippen LogP contribution in [-0.4, -0.2) is 0 Å². The Morgan fingerprint density at radius 3 is 2.86 bits per heavy atom. The molecule has 0 aromatic rings. The molecule has 38 valence electrons. The van der Waals surface area contributed by atoms with Crippen LogP contribution in [0.15, 0.2) is 18.2 Å². The van der Waals surface area contributed by atoms with Crippen LogP contribution in [0.3, 0.4) is 0 Å². The summed E-state index contributed by atoms with van der Waals surface area (Å²) in [7, 11) is 0. The third kappa shape index (κ3) is 5.48. The van der Waals surface area contributed by atoms with Gasteiger partial charge < -0.3 is 0 Å². The summed E-state index contributed by atoms with van der Waals surface area (Å²) in [6, 6.07) is 0. The van der Waals surface area contributed by atoms with Crippen LogP contribution in [-0.2, 0) is 0 Å². The van der Waals surface area contributed by atoms with Gasteiger partial charge in [0, 0.05) is 0 Å². The molecule has 0 aromatic heterocycles. The fraction of sp³-hybridized carbons (Fsp3) is 0.286. The van der Waals surface area contributed by atoms with E-state index < -0.39 is 0 Å². The monoisotopic (exact) mass is 94.1 g/mol. The zero-order chi connectivity index (χ0) is 5.54. The van der Waals surface area contributed by atoms with Gasteiger partial charge in [0.05, 0.1) is 0 Å². The van der Waals surface area contributed by atoms with Gasteiger partial charge >= 0.3 is 0 Å². The Balaban J connectivity index is 2.98. The highest BCUT2D eigenvalue weighted by molar-refractivity contribution is 4.90. The quantitative estimate of drug-likeness (QED) is 0.491. The molecule has 0 bridgehead atoms. The molecule has 2 radical (unpaired) electrons. The van der Waals surface area contributed by atoms with Crippen molar-refractivity contribution < 1.29 is 0 Å². The van der Waals surface area contributed by atoms with Crippen LogP contribution in [0, 0.1) is 13.0 Å². The maximum atomic E-state index is 3.53. The molecule has 0 atom stereocenters. The summed E-state index contributed by atoms with van der Waals surface area (Å²) in [5, 5.41) is 0. The van der Waals surface area contributed by atoms with E-state index in [2.05, 4.69) is 13.0 Å². The third-order valence-corrected chi connectivity index (χ3v) is 0.625. The highest BCUT2D eigenvalue weighted by Gasteiger charge is 1.62. The minimum Gasteiger partial charge on any atom is -0.0879 e. The highest BCUT2D eigenvalue weighted by Crippen LogP contribution is 1.81. The average Bonchev–Trinajstić information content (AvgIpc) is 1.69. The highest BCUT2D eigenvalue weighted by atomic mass is 13.7. The van der Waals surface area contributed by atoms with Crippen molar-refractivity contribution in [3.05, 3.63) is 31.2 Å². The molecule has 0 aromatic carbocycles. The van der Waals surface area contributed by atoms with Crippen LogP contribution in [0.5, 0.6) is 0 Å². The Morgan fingerprint density at radius 1 is 1.71 bits per heavy atom. The summed E-state index contributed by atoms with van der Waals surface area (Å²) in [6.45, 7) is 5.42. The summed E-state index contributed by atoms with van der Waals surface area (Å²) in [5.74, 6) is 0. The molecule has 0 saturated carbocycles. The van der Waals surface area contributed by atoms with E-state index in [0.717, 1.165) is 6.42 Å². The predicted molar refractivity (Wildman–Crippen MR) is 32.6 cm³/mol.